The molecule has 1 amide bonds. The highest BCUT2D eigenvalue weighted by Gasteiger charge is 2.29. The first-order chi connectivity index (χ1) is 15.6. The first kappa shape index (κ1) is 21.7. The van der Waals surface area contributed by atoms with Crippen molar-refractivity contribution in [3.8, 4) is 11.1 Å². The predicted octanol–water partition coefficient (Wildman–Crippen LogP) is 4.82. The molecule has 1 aliphatic carbocycles. The highest BCUT2D eigenvalue weighted by atomic mass is 16.5. The summed E-state index contributed by atoms with van der Waals surface area (Å²) in [5.74, 6) is -0.891. The number of benzene rings is 2. The van der Waals surface area contributed by atoms with Crippen molar-refractivity contribution in [1.82, 2.24) is 9.88 Å². The molecular formula is C26H28N2O4. The molecule has 2 N–H and O–H groups in total. The number of aliphatic carboxylic acids is 1. The minimum absolute atomic E-state index is 0.0112. The van der Waals surface area contributed by atoms with Gasteiger partial charge in [0.2, 0.25) is 0 Å². The largest absolute Gasteiger partial charge is 0.481 e. The Morgan fingerprint density at radius 1 is 1.03 bits per heavy atom. The van der Waals surface area contributed by atoms with Crippen LogP contribution in [0.3, 0.4) is 0 Å². The molecule has 2 aromatic carbocycles. The summed E-state index contributed by atoms with van der Waals surface area (Å²) in [5, 5.41) is 12.0. The third-order valence-corrected chi connectivity index (χ3v) is 6.09. The Kier molecular flexibility index (Phi) is 6.59. The molecule has 32 heavy (non-hydrogen) atoms. The predicted molar refractivity (Wildman–Crippen MR) is 123 cm³/mol. The Balaban J connectivity index is 1.42. The third kappa shape index (κ3) is 4.69. The lowest BCUT2D eigenvalue weighted by atomic mass is 9.98. The Bertz CT molecular complexity index is 1060. The molecule has 6 nitrogen and oxygen atoms in total. The minimum atomic E-state index is -0.879. The number of hydrogen-bond donors (Lipinski definition) is 2. The number of carbonyl (C=O) groups excluding carboxylic acids is 1. The number of rotatable bonds is 9. The van der Waals surface area contributed by atoms with Crippen LogP contribution in [0.15, 0.2) is 66.9 Å². The van der Waals surface area contributed by atoms with E-state index >= 15 is 0 Å². The van der Waals surface area contributed by atoms with Gasteiger partial charge in [-0.25, -0.2) is 4.79 Å². The Labute approximate surface area is 187 Å². The van der Waals surface area contributed by atoms with E-state index in [4.69, 9.17) is 9.84 Å². The van der Waals surface area contributed by atoms with Crippen molar-refractivity contribution in [2.75, 3.05) is 6.61 Å². The Morgan fingerprint density at radius 2 is 1.69 bits per heavy atom. The summed E-state index contributed by atoms with van der Waals surface area (Å²) in [6, 6.07) is 20.0. The molecular weight excluding hydrogens is 404 g/mol. The fourth-order valence-corrected chi connectivity index (χ4v) is 4.53. The van der Waals surface area contributed by atoms with Gasteiger partial charge in [0.05, 0.1) is 0 Å². The van der Waals surface area contributed by atoms with Gasteiger partial charge in [0.15, 0.2) is 0 Å². The van der Waals surface area contributed by atoms with E-state index < -0.39 is 12.1 Å². The Hall–Kier alpha value is -3.54. The number of aromatic nitrogens is 1. The SMILES string of the molecule is CCn1cccc1CC(CCC(=O)O)NC(=O)OCC1c2ccccc2-c2ccccc21. The highest BCUT2D eigenvalue weighted by molar-refractivity contribution is 5.79. The van der Waals surface area contributed by atoms with Crippen LogP contribution < -0.4 is 5.32 Å². The molecule has 6 heteroatoms. The van der Waals surface area contributed by atoms with Crippen molar-refractivity contribution in [3.63, 3.8) is 0 Å². The second kappa shape index (κ2) is 9.73. The van der Waals surface area contributed by atoms with E-state index in [1.54, 1.807) is 0 Å². The van der Waals surface area contributed by atoms with Crippen LogP contribution in [0.2, 0.25) is 0 Å². The number of ether oxygens (including phenoxy) is 1. The van der Waals surface area contributed by atoms with Gasteiger partial charge < -0.3 is 19.7 Å². The van der Waals surface area contributed by atoms with Crippen LogP contribution in [-0.2, 0) is 22.5 Å². The van der Waals surface area contributed by atoms with Crippen LogP contribution in [0.25, 0.3) is 11.1 Å². The number of alkyl carbamates (subject to hydrolysis) is 1. The number of amides is 1. The summed E-state index contributed by atoms with van der Waals surface area (Å²) in [6.07, 6.45) is 2.35. The van der Waals surface area contributed by atoms with Gasteiger partial charge in [0.25, 0.3) is 0 Å². The summed E-state index contributed by atoms with van der Waals surface area (Å²) in [4.78, 5) is 23.8. The van der Waals surface area contributed by atoms with Crippen LogP contribution in [0.1, 0.15) is 42.5 Å². The zero-order valence-corrected chi connectivity index (χ0v) is 18.2. The first-order valence-corrected chi connectivity index (χ1v) is 11.0. The minimum Gasteiger partial charge on any atom is -0.481 e. The standard InChI is InChI=1S/C26H28N2O4/c1-2-28-15-7-8-19(28)16-18(13-14-25(29)30)27-26(31)32-17-24-22-11-5-3-9-20(22)21-10-4-6-12-23(21)24/h3-12,15,18,24H,2,13-14,16-17H2,1H3,(H,27,31)(H,29,30). The monoisotopic (exact) mass is 432 g/mol. The maximum absolute atomic E-state index is 12.7. The van der Waals surface area contributed by atoms with Gasteiger partial charge in [-0.3, -0.25) is 4.79 Å². The van der Waals surface area contributed by atoms with Crippen molar-refractivity contribution >= 4 is 12.1 Å². The summed E-state index contributed by atoms with van der Waals surface area (Å²) in [7, 11) is 0. The average Bonchev–Trinajstić information content (AvgIpc) is 3.38. The van der Waals surface area contributed by atoms with Gasteiger partial charge in [-0.2, -0.15) is 0 Å². The van der Waals surface area contributed by atoms with E-state index in [0.29, 0.717) is 12.8 Å². The number of fused-ring (bicyclic) bond motifs is 3. The summed E-state index contributed by atoms with van der Waals surface area (Å²) in [6.45, 7) is 3.10. The van der Waals surface area contributed by atoms with E-state index in [9.17, 15) is 9.59 Å². The quantitative estimate of drug-likeness (QED) is 0.508. The number of carbonyl (C=O) groups is 2. The highest BCUT2D eigenvalue weighted by Crippen LogP contribution is 2.44. The Morgan fingerprint density at radius 3 is 2.31 bits per heavy atom. The number of carboxylic acid groups (broad SMARTS) is 1. The van der Waals surface area contributed by atoms with Crippen molar-refractivity contribution < 1.29 is 19.4 Å². The van der Waals surface area contributed by atoms with Crippen molar-refractivity contribution in [2.24, 2.45) is 0 Å². The average molecular weight is 433 g/mol. The normalized spacial score (nSPS) is 13.3. The lowest BCUT2D eigenvalue weighted by molar-refractivity contribution is -0.137. The summed E-state index contributed by atoms with van der Waals surface area (Å²) < 4.78 is 7.74. The molecule has 1 aromatic heterocycles. The fraction of sp³-hybridized carbons (Fsp3) is 0.308. The van der Waals surface area contributed by atoms with Crippen molar-refractivity contribution in [1.29, 1.82) is 0 Å². The molecule has 166 valence electrons. The van der Waals surface area contributed by atoms with E-state index in [-0.39, 0.29) is 25.0 Å². The maximum atomic E-state index is 12.7. The van der Waals surface area contributed by atoms with E-state index in [2.05, 4.69) is 41.1 Å². The molecule has 1 heterocycles. The van der Waals surface area contributed by atoms with Gasteiger partial charge in [-0.15, -0.1) is 0 Å². The molecule has 0 aliphatic heterocycles. The molecule has 0 saturated heterocycles. The van der Waals surface area contributed by atoms with Gasteiger partial charge in [-0.1, -0.05) is 48.5 Å². The van der Waals surface area contributed by atoms with Gasteiger partial charge >= 0.3 is 12.1 Å². The van der Waals surface area contributed by atoms with Gasteiger partial charge in [0, 0.05) is 43.2 Å². The van der Waals surface area contributed by atoms with Gasteiger partial charge in [0.1, 0.15) is 6.61 Å². The van der Waals surface area contributed by atoms with E-state index in [1.165, 1.54) is 11.1 Å². The van der Waals surface area contributed by atoms with Crippen LogP contribution in [0.5, 0.6) is 0 Å². The molecule has 3 aromatic rings. The number of nitrogens with one attached hydrogen (secondary N) is 1. The molecule has 0 fully saturated rings. The summed E-state index contributed by atoms with van der Waals surface area (Å²) >= 11 is 0. The zero-order chi connectivity index (χ0) is 22.5. The zero-order valence-electron chi connectivity index (χ0n) is 18.2. The molecule has 1 aliphatic rings. The third-order valence-electron chi connectivity index (χ3n) is 6.09. The number of aryl methyl sites for hydroxylation is 1. The van der Waals surface area contributed by atoms with Crippen LogP contribution in [0.4, 0.5) is 4.79 Å². The molecule has 4 rings (SSSR count). The smallest absolute Gasteiger partial charge is 0.407 e. The molecule has 0 spiro atoms. The van der Waals surface area contributed by atoms with Gasteiger partial charge in [-0.05, 0) is 47.7 Å². The lowest BCUT2D eigenvalue weighted by Crippen LogP contribution is -2.38. The number of nitrogens with zero attached hydrogens (tertiary/aromatic N) is 1. The lowest BCUT2D eigenvalue weighted by Gasteiger charge is -2.20. The van der Waals surface area contributed by atoms with Crippen LogP contribution >= 0.6 is 0 Å². The fourth-order valence-electron chi connectivity index (χ4n) is 4.53. The molecule has 0 radical (unpaired) electrons. The second-order valence-corrected chi connectivity index (χ2v) is 8.09. The number of carboxylic acids is 1. The molecule has 0 saturated carbocycles. The van der Waals surface area contributed by atoms with Crippen LogP contribution in [-0.4, -0.2) is 34.4 Å². The molecule has 1 unspecified atom stereocenters. The second-order valence-electron chi connectivity index (χ2n) is 8.09. The van der Waals surface area contributed by atoms with E-state index in [1.807, 2.05) is 42.6 Å². The topological polar surface area (TPSA) is 80.6 Å². The summed E-state index contributed by atoms with van der Waals surface area (Å²) in [5.41, 5.74) is 5.73. The van der Waals surface area contributed by atoms with Crippen molar-refractivity contribution in [2.45, 2.75) is 44.7 Å². The molecule has 0 bridgehead atoms. The maximum Gasteiger partial charge on any atom is 0.407 e. The first-order valence-electron chi connectivity index (χ1n) is 11.0. The number of hydrogen-bond acceptors (Lipinski definition) is 3. The van der Waals surface area contributed by atoms with Crippen LogP contribution in [0, 0.1) is 0 Å². The molecule has 1 atom stereocenters. The van der Waals surface area contributed by atoms with E-state index in [0.717, 1.165) is 23.4 Å². The van der Waals surface area contributed by atoms with Crippen molar-refractivity contribution in [3.05, 3.63) is 83.7 Å².